The van der Waals surface area contributed by atoms with E-state index in [2.05, 4.69) is 6.58 Å². The lowest BCUT2D eigenvalue weighted by molar-refractivity contribution is -0.128. The number of phenols is 1. The number of benzene rings is 2. The lowest BCUT2D eigenvalue weighted by Gasteiger charge is -2.06. The van der Waals surface area contributed by atoms with Crippen LogP contribution in [0.25, 0.3) is 0 Å². The number of aliphatic hydroxyl groups is 1. The fourth-order valence-corrected chi connectivity index (χ4v) is 1.67. The van der Waals surface area contributed by atoms with Crippen LogP contribution in [0.3, 0.4) is 0 Å². The molecule has 0 aromatic heterocycles. The zero-order valence-corrected chi connectivity index (χ0v) is 12.7. The molecule has 2 rings (SSSR count). The maximum atomic E-state index is 12.2. The number of carbonyl (C=O) groups excluding carboxylic acids is 2. The Hall–Kier alpha value is -2.92. The zero-order chi connectivity index (χ0) is 17.2. The molecule has 23 heavy (non-hydrogen) atoms. The summed E-state index contributed by atoms with van der Waals surface area (Å²) < 4.78 is 4.86. The van der Waals surface area contributed by atoms with Crippen molar-refractivity contribution in [2.24, 2.45) is 0 Å². The lowest BCUT2D eigenvalue weighted by Crippen LogP contribution is -2.05. The van der Waals surface area contributed by atoms with Crippen molar-refractivity contribution in [2.75, 3.05) is 6.61 Å². The number of phenolic OH excluding ortho intramolecular Hbond substituents is 1. The van der Waals surface area contributed by atoms with E-state index in [0.717, 1.165) is 6.08 Å². The van der Waals surface area contributed by atoms with Crippen LogP contribution in [0, 0.1) is 0 Å². The molecule has 0 saturated heterocycles. The van der Waals surface area contributed by atoms with Gasteiger partial charge in [-0.05, 0) is 19.1 Å². The highest BCUT2D eigenvalue weighted by atomic mass is 16.5. The number of ketones is 1. The van der Waals surface area contributed by atoms with Crippen LogP contribution in [0.5, 0.6) is 11.5 Å². The molecule has 0 aliphatic rings. The molecule has 2 aromatic carbocycles. The van der Waals surface area contributed by atoms with Crippen molar-refractivity contribution < 1.29 is 24.5 Å². The molecule has 5 heteroatoms. The van der Waals surface area contributed by atoms with Gasteiger partial charge in [-0.1, -0.05) is 36.9 Å². The molecule has 2 N–H and O–H groups in total. The molecule has 0 heterocycles. The molecule has 2 aromatic rings. The molecule has 0 fully saturated rings. The molecule has 0 aliphatic heterocycles. The predicted octanol–water partition coefficient (Wildman–Crippen LogP) is 2.71. The second kappa shape index (κ2) is 9.17. The Kier molecular flexibility index (Phi) is 7.23. The third-order valence-corrected chi connectivity index (χ3v) is 2.63. The molecular weight excluding hydrogens is 296 g/mol. The highest BCUT2D eigenvalue weighted by Gasteiger charge is 2.14. The SMILES string of the molecule is C=CC(=O)Oc1ccc(C(=O)c2ccccc2)c(O)c1.CCO. The van der Waals surface area contributed by atoms with Gasteiger partial charge in [0.25, 0.3) is 0 Å². The maximum Gasteiger partial charge on any atom is 0.335 e. The van der Waals surface area contributed by atoms with Gasteiger partial charge in [-0.3, -0.25) is 4.79 Å². The summed E-state index contributed by atoms with van der Waals surface area (Å²) in [6.45, 7) is 5.20. The summed E-state index contributed by atoms with van der Waals surface area (Å²) in [5.74, 6) is -1.03. The first-order chi connectivity index (χ1) is 11.0. The molecule has 0 bridgehead atoms. The Labute approximate surface area is 134 Å². The Balaban J connectivity index is 0.000000816. The second-order valence-corrected chi connectivity index (χ2v) is 4.32. The van der Waals surface area contributed by atoms with Gasteiger partial charge in [0.15, 0.2) is 5.78 Å². The average Bonchev–Trinajstić information content (AvgIpc) is 2.56. The van der Waals surface area contributed by atoms with E-state index in [0.29, 0.717) is 5.56 Å². The Morgan fingerprint density at radius 1 is 1.17 bits per heavy atom. The monoisotopic (exact) mass is 314 g/mol. The van der Waals surface area contributed by atoms with Crippen molar-refractivity contribution in [3.8, 4) is 11.5 Å². The highest BCUT2D eigenvalue weighted by molar-refractivity contribution is 6.10. The topological polar surface area (TPSA) is 83.8 Å². The van der Waals surface area contributed by atoms with Gasteiger partial charge in [-0.15, -0.1) is 0 Å². The largest absolute Gasteiger partial charge is 0.507 e. The van der Waals surface area contributed by atoms with E-state index in [1.165, 1.54) is 18.2 Å². The predicted molar refractivity (Wildman–Crippen MR) is 86.6 cm³/mol. The number of esters is 1. The molecule has 0 aliphatic carbocycles. The third-order valence-electron chi connectivity index (χ3n) is 2.63. The molecule has 0 saturated carbocycles. The number of rotatable bonds is 4. The fourth-order valence-electron chi connectivity index (χ4n) is 1.67. The first kappa shape index (κ1) is 18.1. The van der Waals surface area contributed by atoms with Gasteiger partial charge in [0.2, 0.25) is 0 Å². The van der Waals surface area contributed by atoms with E-state index in [4.69, 9.17) is 9.84 Å². The number of aliphatic hydroxyl groups excluding tert-OH is 1. The lowest BCUT2D eigenvalue weighted by atomic mass is 10.0. The number of ether oxygens (including phenoxy) is 1. The van der Waals surface area contributed by atoms with E-state index in [-0.39, 0.29) is 29.5 Å². The van der Waals surface area contributed by atoms with Crippen LogP contribution in [0.4, 0.5) is 0 Å². The summed E-state index contributed by atoms with van der Waals surface area (Å²) in [5.41, 5.74) is 0.619. The van der Waals surface area contributed by atoms with Crippen LogP contribution < -0.4 is 4.74 Å². The van der Waals surface area contributed by atoms with Crippen LogP contribution in [0.2, 0.25) is 0 Å². The summed E-state index contributed by atoms with van der Waals surface area (Å²) >= 11 is 0. The summed E-state index contributed by atoms with van der Waals surface area (Å²) in [6.07, 6.45) is 1.01. The fraction of sp³-hybridized carbons (Fsp3) is 0.111. The number of hydrogen-bond donors (Lipinski definition) is 2. The van der Waals surface area contributed by atoms with Crippen molar-refractivity contribution in [3.63, 3.8) is 0 Å². The quantitative estimate of drug-likeness (QED) is 0.392. The first-order valence-corrected chi connectivity index (χ1v) is 6.91. The van der Waals surface area contributed by atoms with Crippen LogP contribution in [-0.4, -0.2) is 28.6 Å². The summed E-state index contributed by atoms with van der Waals surface area (Å²) in [4.78, 5) is 23.2. The van der Waals surface area contributed by atoms with Gasteiger partial charge >= 0.3 is 5.97 Å². The molecule has 0 radical (unpaired) electrons. The average molecular weight is 314 g/mol. The molecule has 0 unspecified atom stereocenters. The first-order valence-electron chi connectivity index (χ1n) is 6.91. The normalized spacial score (nSPS) is 9.30. The molecule has 0 amide bonds. The van der Waals surface area contributed by atoms with Gasteiger partial charge in [-0.2, -0.15) is 0 Å². The van der Waals surface area contributed by atoms with E-state index < -0.39 is 5.97 Å². The van der Waals surface area contributed by atoms with Gasteiger partial charge in [-0.25, -0.2) is 4.79 Å². The minimum Gasteiger partial charge on any atom is -0.507 e. The van der Waals surface area contributed by atoms with Gasteiger partial charge < -0.3 is 14.9 Å². The van der Waals surface area contributed by atoms with Crippen LogP contribution in [0.15, 0.2) is 61.2 Å². The standard InChI is InChI=1S/C16H12O4.C2H6O/c1-2-15(18)20-12-8-9-13(14(17)10-12)16(19)11-6-4-3-5-7-11;1-2-3/h2-10,17H,1H2;3H,2H2,1H3. The molecule has 0 spiro atoms. The maximum absolute atomic E-state index is 12.2. The van der Waals surface area contributed by atoms with Crippen LogP contribution in [-0.2, 0) is 4.79 Å². The Morgan fingerprint density at radius 2 is 1.78 bits per heavy atom. The van der Waals surface area contributed by atoms with E-state index in [9.17, 15) is 14.7 Å². The Bertz CT molecular complexity index is 677. The Morgan fingerprint density at radius 3 is 2.30 bits per heavy atom. The van der Waals surface area contributed by atoms with Crippen molar-refractivity contribution in [1.82, 2.24) is 0 Å². The minimum absolute atomic E-state index is 0.148. The van der Waals surface area contributed by atoms with Gasteiger partial charge in [0, 0.05) is 24.3 Å². The van der Waals surface area contributed by atoms with Crippen molar-refractivity contribution >= 4 is 11.8 Å². The van der Waals surface area contributed by atoms with E-state index >= 15 is 0 Å². The molecule has 5 nitrogen and oxygen atoms in total. The molecule has 0 atom stereocenters. The summed E-state index contributed by atoms with van der Waals surface area (Å²) in [6, 6.07) is 12.7. The van der Waals surface area contributed by atoms with Crippen molar-refractivity contribution in [2.45, 2.75) is 6.92 Å². The van der Waals surface area contributed by atoms with E-state index in [1.54, 1.807) is 37.3 Å². The summed E-state index contributed by atoms with van der Waals surface area (Å²) in [7, 11) is 0. The van der Waals surface area contributed by atoms with E-state index in [1.807, 2.05) is 0 Å². The van der Waals surface area contributed by atoms with Gasteiger partial charge in [0.05, 0.1) is 5.56 Å². The molecule has 120 valence electrons. The minimum atomic E-state index is -0.633. The van der Waals surface area contributed by atoms with Crippen molar-refractivity contribution in [3.05, 3.63) is 72.3 Å². The third kappa shape index (κ3) is 5.41. The number of carbonyl (C=O) groups is 2. The number of hydrogen-bond acceptors (Lipinski definition) is 5. The van der Waals surface area contributed by atoms with Gasteiger partial charge in [0.1, 0.15) is 11.5 Å². The van der Waals surface area contributed by atoms with Crippen molar-refractivity contribution in [1.29, 1.82) is 0 Å². The zero-order valence-electron chi connectivity index (χ0n) is 12.7. The van der Waals surface area contributed by atoms with Crippen LogP contribution in [0.1, 0.15) is 22.8 Å². The number of aromatic hydroxyl groups is 1. The highest BCUT2D eigenvalue weighted by Crippen LogP contribution is 2.26. The van der Waals surface area contributed by atoms with Crippen LogP contribution >= 0.6 is 0 Å². The smallest absolute Gasteiger partial charge is 0.335 e. The summed E-state index contributed by atoms with van der Waals surface area (Å²) in [5, 5.41) is 17.4. The molecular formula is C18H18O5. The second-order valence-electron chi connectivity index (χ2n) is 4.32.